The number of hydrogen-bond acceptors (Lipinski definition) is 6. The van der Waals surface area contributed by atoms with E-state index in [1.807, 2.05) is 6.20 Å². The maximum absolute atomic E-state index is 14.7. The molecule has 222 valence electrons. The average Bonchev–Trinajstić information content (AvgIpc) is 3.56. The Kier molecular flexibility index (Phi) is 5.61. The van der Waals surface area contributed by atoms with E-state index in [9.17, 15) is 9.18 Å². The van der Waals surface area contributed by atoms with E-state index in [0.29, 0.717) is 11.7 Å². The molecule has 0 aliphatic heterocycles. The summed E-state index contributed by atoms with van der Waals surface area (Å²) in [5.74, 6) is 2.46. The minimum atomic E-state index is -0.517. The van der Waals surface area contributed by atoms with Crippen LogP contribution in [-0.2, 0) is 28.6 Å². The van der Waals surface area contributed by atoms with Gasteiger partial charge in [-0.15, -0.1) is 10.2 Å². The summed E-state index contributed by atoms with van der Waals surface area (Å²) in [6, 6.07) is 0. The van der Waals surface area contributed by atoms with Gasteiger partial charge in [0, 0.05) is 22.3 Å². The molecule has 3 saturated carbocycles. The van der Waals surface area contributed by atoms with E-state index in [0.717, 1.165) is 63.0 Å². The van der Waals surface area contributed by atoms with Crippen LogP contribution in [0, 0.1) is 39.4 Å². The number of hydrogen-bond donors (Lipinski definition) is 0. The number of allylic oxidation sites excluding steroid dienone is 2. The van der Waals surface area contributed by atoms with E-state index < -0.39 is 6.67 Å². The number of halogens is 1. The van der Waals surface area contributed by atoms with Crippen molar-refractivity contribution in [3.8, 4) is 0 Å². The molecular weight excluding hydrogens is 517 g/mol. The van der Waals surface area contributed by atoms with Gasteiger partial charge < -0.3 is 4.52 Å². The van der Waals surface area contributed by atoms with Gasteiger partial charge in [-0.25, -0.2) is 4.39 Å². The molecule has 41 heavy (non-hydrogen) atoms. The van der Waals surface area contributed by atoms with Crippen molar-refractivity contribution in [1.29, 1.82) is 0 Å². The van der Waals surface area contributed by atoms with Gasteiger partial charge in [-0.1, -0.05) is 59.2 Å². The number of carbonyl (C=O) groups excluding carboxylic acids is 1. The molecule has 5 aliphatic carbocycles. The Morgan fingerprint density at radius 3 is 2.56 bits per heavy atom. The highest BCUT2D eigenvalue weighted by Gasteiger charge is 2.70. The third-order valence-corrected chi connectivity index (χ3v) is 13.5. The van der Waals surface area contributed by atoms with Gasteiger partial charge in [0.25, 0.3) is 0 Å². The molecule has 7 rings (SSSR count). The van der Waals surface area contributed by atoms with Crippen LogP contribution in [0.2, 0.25) is 0 Å². The lowest BCUT2D eigenvalue weighted by molar-refractivity contribution is -0.160. The van der Waals surface area contributed by atoms with E-state index in [1.54, 1.807) is 0 Å². The molecule has 2 aromatic rings. The van der Waals surface area contributed by atoms with Crippen molar-refractivity contribution in [2.75, 3.05) is 6.67 Å². The summed E-state index contributed by atoms with van der Waals surface area (Å²) in [5.41, 5.74) is 1.86. The standard InChI is InChI=1S/C33H46FN5O2/c1-28(2)10-12-33(27-36-38-39(37-27)15-14-34)13-11-32(7)25(21(33)18-28)22(40)16-24-30(5)17-20-19-35-41-26(20)29(3,4)23(30)8-9-31(24,32)6/h16,19,21,23,25H,8-15,17-18H2,1-7H3/t21-,23-,25-,30-,31+,32+,33-/m0/s1. The molecular formula is C33H46FN5O2. The molecule has 3 fully saturated rings. The van der Waals surface area contributed by atoms with Gasteiger partial charge in [-0.05, 0) is 96.2 Å². The van der Waals surface area contributed by atoms with Crippen molar-refractivity contribution in [2.45, 2.75) is 117 Å². The summed E-state index contributed by atoms with van der Waals surface area (Å²) in [5, 5.41) is 17.7. The molecule has 8 heteroatoms. The average molecular weight is 564 g/mol. The van der Waals surface area contributed by atoms with Crippen LogP contribution in [0.5, 0.6) is 0 Å². The second-order valence-electron chi connectivity index (χ2n) is 16.3. The fraction of sp³-hybridized carbons (Fsp3) is 0.788. The molecule has 0 aromatic carbocycles. The third kappa shape index (κ3) is 3.39. The van der Waals surface area contributed by atoms with Crippen LogP contribution in [0.1, 0.15) is 111 Å². The predicted octanol–water partition coefficient (Wildman–Crippen LogP) is 6.58. The van der Waals surface area contributed by atoms with E-state index in [-0.39, 0.29) is 50.9 Å². The van der Waals surface area contributed by atoms with Crippen LogP contribution in [0.3, 0.4) is 0 Å². The fourth-order valence-corrected chi connectivity index (χ4v) is 11.3. The van der Waals surface area contributed by atoms with Gasteiger partial charge in [0.05, 0.1) is 12.7 Å². The van der Waals surface area contributed by atoms with Crippen LogP contribution in [0.25, 0.3) is 0 Å². The third-order valence-electron chi connectivity index (χ3n) is 13.5. The number of fused-ring (bicyclic) bond motifs is 8. The number of aromatic nitrogens is 5. The van der Waals surface area contributed by atoms with Gasteiger partial charge in [-0.2, -0.15) is 4.80 Å². The Balaban J connectivity index is 1.36. The summed E-state index contributed by atoms with van der Waals surface area (Å²) in [7, 11) is 0. The number of tetrazole rings is 1. The summed E-state index contributed by atoms with van der Waals surface area (Å²) in [6.07, 6.45) is 11.9. The zero-order valence-electron chi connectivity index (χ0n) is 25.9. The lowest BCUT2D eigenvalue weighted by Crippen LogP contribution is -2.66. The minimum Gasteiger partial charge on any atom is -0.361 e. The Hall–Kier alpha value is -2.38. The normalized spacial score (nSPS) is 42.3. The number of ketones is 1. The SMILES string of the molecule is CC1(C)CC[C@]2(c3nnn(CCF)n3)CC[C@]3(C)[C@H](C(=O)C=C4[C@@]5(C)Cc6cnoc6C(C)(C)[C@@H]5CC[C@]43C)[C@@H]2C1. The van der Waals surface area contributed by atoms with Crippen molar-refractivity contribution in [3.05, 3.63) is 35.0 Å². The fourth-order valence-electron chi connectivity index (χ4n) is 11.3. The topological polar surface area (TPSA) is 86.7 Å². The number of rotatable bonds is 3. The predicted molar refractivity (Wildman–Crippen MR) is 153 cm³/mol. The molecule has 0 saturated heterocycles. The van der Waals surface area contributed by atoms with Crippen molar-refractivity contribution < 1.29 is 13.7 Å². The summed E-state index contributed by atoms with van der Waals surface area (Å²) < 4.78 is 19.0. The molecule has 2 aromatic heterocycles. The zero-order valence-corrected chi connectivity index (χ0v) is 25.9. The van der Waals surface area contributed by atoms with Crippen molar-refractivity contribution in [2.24, 2.45) is 39.4 Å². The van der Waals surface area contributed by atoms with Crippen LogP contribution in [0.4, 0.5) is 4.39 Å². The lowest BCUT2D eigenvalue weighted by atomic mass is 9.34. The van der Waals surface area contributed by atoms with E-state index in [2.05, 4.69) is 70.0 Å². The molecule has 0 spiro atoms. The van der Waals surface area contributed by atoms with E-state index in [4.69, 9.17) is 9.62 Å². The van der Waals surface area contributed by atoms with Crippen LogP contribution >= 0.6 is 0 Å². The van der Waals surface area contributed by atoms with E-state index >= 15 is 0 Å². The van der Waals surface area contributed by atoms with Gasteiger partial charge in [0.1, 0.15) is 12.4 Å². The second kappa shape index (κ2) is 8.37. The lowest BCUT2D eigenvalue weighted by Gasteiger charge is -2.69. The Bertz CT molecular complexity index is 1440. The van der Waals surface area contributed by atoms with Crippen molar-refractivity contribution in [1.82, 2.24) is 25.4 Å². The number of alkyl halides is 1. The summed E-state index contributed by atoms with van der Waals surface area (Å²) in [4.78, 5) is 16.1. The maximum Gasteiger partial charge on any atom is 0.181 e. The Morgan fingerprint density at radius 2 is 1.80 bits per heavy atom. The molecule has 0 unspecified atom stereocenters. The molecule has 0 amide bonds. The molecule has 0 N–H and O–H groups in total. The molecule has 7 atom stereocenters. The molecule has 7 nitrogen and oxygen atoms in total. The smallest absolute Gasteiger partial charge is 0.181 e. The summed E-state index contributed by atoms with van der Waals surface area (Å²) in [6.45, 7) is 16.2. The first-order valence-corrected chi connectivity index (χ1v) is 15.8. The highest BCUT2D eigenvalue weighted by atomic mass is 19.1. The zero-order chi connectivity index (χ0) is 29.2. The van der Waals surface area contributed by atoms with Crippen LogP contribution < -0.4 is 0 Å². The number of nitrogens with zero attached hydrogens (tertiary/aromatic N) is 5. The Labute approximate surface area is 243 Å². The molecule has 0 radical (unpaired) electrons. The first-order valence-electron chi connectivity index (χ1n) is 15.8. The van der Waals surface area contributed by atoms with Gasteiger partial charge in [0.2, 0.25) is 0 Å². The van der Waals surface area contributed by atoms with Crippen LogP contribution in [-0.4, -0.2) is 37.8 Å². The van der Waals surface area contributed by atoms with Gasteiger partial charge in [-0.3, -0.25) is 4.79 Å². The Morgan fingerprint density at radius 1 is 1.05 bits per heavy atom. The van der Waals surface area contributed by atoms with Gasteiger partial charge in [0.15, 0.2) is 11.6 Å². The monoisotopic (exact) mass is 563 g/mol. The van der Waals surface area contributed by atoms with Crippen molar-refractivity contribution in [3.63, 3.8) is 0 Å². The number of carbonyl (C=O) groups is 1. The van der Waals surface area contributed by atoms with E-state index in [1.165, 1.54) is 15.9 Å². The van der Waals surface area contributed by atoms with Crippen LogP contribution in [0.15, 0.2) is 22.4 Å². The highest BCUT2D eigenvalue weighted by Crippen LogP contribution is 2.74. The molecule has 5 aliphatic rings. The van der Waals surface area contributed by atoms with Gasteiger partial charge >= 0.3 is 0 Å². The first kappa shape index (κ1) is 27.5. The quantitative estimate of drug-likeness (QED) is 0.419. The molecule has 0 bridgehead atoms. The second-order valence-corrected chi connectivity index (χ2v) is 16.3. The summed E-state index contributed by atoms with van der Waals surface area (Å²) >= 11 is 0. The number of aryl methyl sites for hydroxylation is 1. The maximum atomic E-state index is 14.7. The van der Waals surface area contributed by atoms with Crippen molar-refractivity contribution >= 4 is 5.78 Å². The first-order chi connectivity index (χ1) is 19.2. The minimum absolute atomic E-state index is 0.0887. The molecule has 2 heterocycles. The largest absolute Gasteiger partial charge is 0.361 e. The highest BCUT2D eigenvalue weighted by molar-refractivity contribution is 5.95.